The van der Waals surface area contributed by atoms with Gasteiger partial charge in [0.15, 0.2) is 6.10 Å². The Labute approximate surface area is 178 Å². The summed E-state index contributed by atoms with van der Waals surface area (Å²) in [7, 11) is 0. The molecule has 0 spiro atoms. The maximum atomic E-state index is 12.9. The number of nitrogens with zero attached hydrogens (tertiary/aromatic N) is 2. The molecule has 2 aromatic rings. The molecule has 3 rings (SSSR count). The van der Waals surface area contributed by atoms with Gasteiger partial charge < -0.3 is 15.0 Å². The number of carbonyl (C=O) groups excluding carboxylic acids is 2. The molecule has 1 aliphatic rings. The molecule has 2 amide bonds. The summed E-state index contributed by atoms with van der Waals surface area (Å²) in [6.45, 7) is 8.04. The molecule has 0 bridgehead atoms. The zero-order chi connectivity index (χ0) is 21.5. The molecule has 1 saturated heterocycles. The second-order valence-corrected chi connectivity index (χ2v) is 8.17. The predicted molar refractivity (Wildman–Crippen MR) is 116 cm³/mol. The summed E-state index contributed by atoms with van der Waals surface area (Å²) in [5.41, 5.74) is 1.68. The van der Waals surface area contributed by atoms with Crippen molar-refractivity contribution in [3.8, 4) is 5.75 Å². The molecule has 0 aliphatic carbocycles. The third-order valence-corrected chi connectivity index (χ3v) is 5.59. The summed E-state index contributed by atoms with van der Waals surface area (Å²) in [5, 5.41) is 2.98. The predicted octanol–water partition coefficient (Wildman–Crippen LogP) is 3.64. The SMILES string of the molecule is CC(Oc1ccccc1C(C)C)C(=O)N1CCC(CNC(=O)c2cccnc2)CC1. The van der Waals surface area contributed by atoms with Gasteiger partial charge in [-0.15, -0.1) is 0 Å². The van der Waals surface area contributed by atoms with Crippen LogP contribution in [-0.2, 0) is 4.79 Å². The van der Waals surface area contributed by atoms with E-state index in [1.165, 1.54) is 0 Å². The first-order valence-corrected chi connectivity index (χ1v) is 10.7. The molecule has 1 aromatic carbocycles. The fraction of sp³-hybridized carbons (Fsp3) is 0.458. The standard InChI is InChI=1S/C24H31N3O3/c1-17(2)21-8-4-5-9-22(21)30-18(3)24(29)27-13-10-19(11-14-27)15-26-23(28)20-7-6-12-25-16-20/h4-9,12,16-19H,10-11,13-15H2,1-3H3,(H,26,28). The van der Waals surface area contributed by atoms with E-state index in [9.17, 15) is 9.59 Å². The highest BCUT2D eigenvalue weighted by Gasteiger charge is 2.27. The number of hydrogen-bond donors (Lipinski definition) is 1. The normalized spacial score (nSPS) is 15.7. The number of hydrogen-bond acceptors (Lipinski definition) is 4. The van der Waals surface area contributed by atoms with Crippen LogP contribution in [0.25, 0.3) is 0 Å². The van der Waals surface area contributed by atoms with Crippen LogP contribution in [0.4, 0.5) is 0 Å². The minimum atomic E-state index is -0.522. The number of carbonyl (C=O) groups is 2. The number of amides is 2. The van der Waals surface area contributed by atoms with E-state index in [1.54, 1.807) is 24.5 Å². The Balaban J connectivity index is 1.46. The quantitative estimate of drug-likeness (QED) is 0.758. The van der Waals surface area contributed by atoms with Crippen molar-refractivity contribution in [2.24, 2.45) is 5.92 Å². The molecule has 30 heavy (non-hydrogen) atoms. The van der Waals surface area contributed by atoms with E-state index in [4.69, 9.17) is 4.74 Å². The monoisotopic (exact) mass is 409 g/mol. The van der Waals surface area contributed by atoms with Crippen LogP contribution in [0.5, 0.6) is 5.75 Å². The van der Waals surface area contributed by atoms with Crippen LogP contribution in [0.15, 0.2) is 48.8 Å². The van der Waals surface area contributed by atoms with Gasteiger partial charge in [0, 0.05) is 32.0 Å². The third kappa shape index (κ3) is 5.59. The highest BCUT2D eigenvalue weighted by Crippen LogP contribution is 2.27. The van der Waals surface area contributed by atoms with Gasteiger partial charge in [-0.05, 0) is 55.4 Å². The van der Waals surface area contributed by atoms with Crippen LogP contribution in [0.3, 0.4) is 0 Å². The molecule has 0 saturated carbocycles. The Morgan fingerprint density at radius 3 is 2.53 bits per heavy atom. The molecule has 1 atom stereocenters. The molecule has 160 valence electrons. The summed E-state index contributed by atoms with van der Waals surface area (Å²) in [6, 6.07) is 11.4. The third-order valence-electron chi connectivity index (χ3n) is 5.59. The van der Waals surface area contributed by atoms with Crippen molar-refractivity contribution in [3.05, 3.63) is 59.9 Å². The number of aromatic nitrogens is 1. The van der Waals surface area contributed by atoms with Gasteiger partial charge in [0.25, 0.3) is 11.8 Å². The number of rotatable bonds is 7. The lowest BCUT2D eigenvalue weighted by molar-refractivity contribution is -0.139. The van der Waals surface area contributed by atoms with E-state index in [0.717, 1.165) is 24.2 Å². The van der Waals surface area contributed by atoms with Crippen molar-refractivity contribution in [3.63, 3.8) is 0 Å². The summed E-state index contributed by atoms with van der Waals surface area (Å²) in [6.07, 6.45) is 4.43. The highest BCUT2D eigenvalue weighted by molar-refractivity contribution is 5.93. The minimum Gasteiger partial charge on any atom is -0.481 e. The number of likely N-dealkylation sites (tertiary alicyclic amines) is 1. The Morgan fingerprint density at radius 1 is 1.13 bits per heavy atom. The molecular weight excluding hydrogens is 378 g/mol. The number of benzene rings is 1. The molecule has 1 fully saturated rings. The second-order valence-electron chi connectivity index (χ2n) is 8.17. The average molecular weight is 410 g/mol. The number of ether oxygens (including phenoxy) is 1. The van der Waals surface area contributed by atoms with E-state index in [2.05, 4.69) is 24.1 Å². The fourth-order valence-corrected chi connectivity index (χ4v) is 3.76. The molecule has 2 heterocycles. The van der Waals surface area contributed by atoms with Crippen LogP contribution in [0.2, 0.25) is 0 Å². The Morgan fingerprint density at radius 2 is 1.87 bits per heavy atom. The van der Waals surface area contributed by atoms with Gasteiger partial charge in [-0.3, -0.25) is 14.6 Å². The van der Waals surface area contributed by atoms with Gasteiger partial charge in [-0.2, -0.15) is 0 Å². The lowest BCUT2D eigenvalue weighted by Gasteiger charge is -2.33. The van der Waals surface area contributed by atoms with Crippen molar-refractivity contribution in [1.82, 2.24) is 15.2 Å². The van der Waals surface area contributed by atoms with Crippen LogP contribution >= 0.6 is 0 Å². The van der Waals surface area contributed by atoms with E-state index in [1.807, 2.05) is 36.1 Å². The van der Waals surface area contributed by atoms with Gasteiger partial charge in [0.1, 0.15) is 5.75 Å². The molecule has 1 N–H and O–H groups in total. The van der Waals surface area contributed by atoms with Crippen LogP contribution in [0, 0.1) is 5.92 Å². The number of pyridine rings is 1. The number of piperidine rings is 1. The van der Waals surface area contributed by atoms with Crippen LogP contribution in [0.1, 0.15) is 55.5 Å². The summed E-state index contributed by atoms with van der Waals surface area (Å²) < 4.78 is 6.02. The Kier molecular flexibility index (Phi) is 7.44. The van der Waals surface area contributed by atoms with Crippen LogP contribution in [-0.4, -0.2) is 47.4 Å². The minimum absolute atomic E-state index is 0.0198. The van der Waals surface area contributed by atoms with Gasteiger partial charge in [0.2, 0.25) is 0 Å². The largest absolute Gasteiger partial charge is 0.481 e. The summed E-state index contributed by atoms with van der Waals surface area (Å²) >= 11 is 0. The first-order chi connectivity index (χ1) is 14.5. The van der Waals surface area contributed by atoms with Crippen molar-refractivity contribution >= 4 is 11.8 Å². The van der Waals surface area contributed by atoms with E-state index >= 15 is 0 Å². The number of para-hydroxylation sites is 1. The molecule has 6 heteroatoms. The second kappa shape index (κ2) is 10.2. The zero-order valence-electron chi connectivity index (χ0n) is 18.0. The van der Waals surface area contributed by atoms with E-state index < -0.39 is 6.10 Å². The Hall–Kier alpha value is -2.89. The lowest BCUT2D eigenvalue weighted by atomic mass is 9.96. The Bertz CT molecular complexity index is 846. The number of nitrogens with one attached hydrogen (secondary N) is 1. The van der Waals surface area contributed by atoms with Gasteiger partial charge >= 0.3 is 0 Å². The summed E-state index contributed by atoms with van der Waals surface area (Å²) in [4.78, 5) is 30.9. The smallest absolute Gasteiger partial charge is 0.263 e. The van der Waals surface area contributed by atoms with Crippen molar-refractivity contribution in [1.29, 1.82) is 0 Å². The van der Waals surface area contributed by atoms with Gasteiger partial charge in [0.05, 0.1) is 5.56 Å². The summed E-state index contributed by atoms with van der Waals surface area (Å²) in [5.74, 6) is 1.40. The first kappa shape index (κ1) is 21.8. The first-order valence-electron chi connectivity index (χ1n) is 10.7. The molecule has 1 aromatic heterocycles. The van der Waals surface area contributed by atoms with Gasteiger partial charge in [-0.25, -0.2) is 0 Å². The highest BCUT2D eigenvalue weighted by atomic mass is 16.5. The van der Waals surface area contributed by atoms with E-state index in [0.29, 0.717) is 37.0 Å². The zero-order valence-corrected chi connectivity index (χ0v) is 18.0. The van der Waals surface area contributed by atoms with Crippen molar-refractivity contribution in [2.75, 3.05) is 19.6 Å². The van der Waals surface area contributed by atoms with Crippen molar-refractivity contribution < 1.29 is 14.3 Å². The van der Waals surface area contributed by atoms with E-state index in [-0.39, 0.29) is 11.8 Å². The van der Waals surface area contributed by atoms with Gasteiger partial charge in [-0.1, -0.05) is 32.0 Å². The van der Waals surface area contributed by atoms with Crippen molar-refractivity contribution in [2.45, 2.75) is 45.6 Å². The average Bonchev–Trinajstić information content (AvgIpc) is 2.78. The fourth-order valence-electron chi connectivity index (χ4n) is 3.76. The maximum absolute atomic E-state index is 12.9. The van der Waals surface area contributed by atoms with Crippen LogP contribution < -0.4 is 10.1 Å². The topological polar surface area (TPSA) is 71.5 Å². The molecule has 0 radical (unpaired) electrons. The molecule has 1 aliphatic heterocycles. The maximum Gasteiger partial charge on any atom is 0.263 e. The molecule has 1 unspecified atom stereocenters. The molecule has 6 nitrogen and oxygen atoms in total. The lowest BCUT2D eigenvalue weighted by Crippen LogP contribution is -2.46. The molecular formula is C24H31N3O3.